The molecule has 0 bridgehead atoms. The van der Waals surface area contributed by atoms with Gasteiger partial charge in [0.1, 0.15) is 4.83 Å². The molecule has 0 aliphatic rings. The summed E-state index contributed by atoms with van der Waals surface area (Å²) in [7, 11) is 0. The molecule has 0 saturated heterocycles. The Morgan fingerprint density at radius 3 is 2.54 bits per heavy atom. The Bertz CT molecular complexity index is 1210. The number of fused-ring (bicyclic) bond motifs is 1. The summed E-state index contributed by atoms with van der Waals surface area (Å²) in [6.45, 7) is 2.03. The maximum Gasteiger partial charge on any atom is 0.335 e. The summed E-state index contributed by atoms with van der Waals surface area (Å²) in [6.07, 6.45) is 0. The van der Waals surface area contributed by atoms with E-state index in [0.717, 1.165) is 16.7 Å². The number of nitrogens with zero attached hydrogens (tertiary/aromatic N) is 1. The highest BCUT2D eigenvalue weighted by atomic mass is 32.2. The molecule has 0 atom stereocenters. The summed E-state index contributed by atoms with van der Waals surface area (Å²) in [6, 6.07) is 14.8. The topological polar surface area (TPSA) is 83.0 Å². The van der Waals surface area contributed by atoms with E-state index in [9.17, 15) is 9.59 Å². The van der Waals surface area contributed by atoms with Crippen molar-refractivity contribution in [3.8, 4) is 11.1 Å². The van der Waals surface area contributed by atoms with Gasteiger partial charge >= 0.3 is 5.97 Å². The Labute approximate surface area is 169 Å². The molecule has 7 heteroatoms. The highest BCUT2D eigenvalue weighted by Crippen LogP contribution is 2.32. The minimum Gasteiger partial charge on any atom is -0.478 e. The number of aromatic amines is 1. The first-order valence-corrected chi connectivity index (χ1v) is 10.4. The molecule has 0 amide bonds. The molecule has 28 heavy (non-hydrogen) atoms. The molecule has 0 aliphatic heterocycles. The molecule has 2 aromatic carbocycles. The first kappa shape index (κ1) is 18.5. The number of hydrogen-bond acceptors (Lipinski definition) is 5. The van der Waals surface area contributed by atoms with Crippen molar-refractivity contribution >= 4 is 39.3 Å². The molecule has 4 rings (SSSR count). The average molecular weight is 409 g/mol. The number of aromatic nitrogens is 2. The zero-order valence-electron chi connectivity index (χ0n) is 14.9. The van der Waals surface area contributed by atoms with Crippen molar-refractivity contribution in [2.24, 2.45) is 0 Å². The van der Waals surface area contributed by atoms with E-state index in [4.69, 9.17) is 5.11 Å². The number of aromatic carboxylic acids is 1. The molecule has 2 heterocycles. The molecule has 0 unspecified atom stereocenters. The van der Waals surface area contributed by atoms with Crippen LogP contribution >= 0.6 is 23.1 Å². The van der Waals surface area contributed by atoms with Crippen molar-refractivity contribution in [3.63, 3.8) is 0 Å². The van der Waals surface area contributed by atoms with Crippen molar-refractivity contribution in [2.75, 3.05) is 0 Å². The van der Waals surface area contributed by atoms with Gasteiger partial charge in [0.2, 0.25) is 0 Å². The second-order valence-corrected chi connectivity index (χ2v) is 8.18. The van der Waals surface area contributed by atoms with Gasteiger partial charge in [0, 0.05) is 16.7 Å². The van der Waals surface area contributed by atoms with Crippen molar-refractivity contribution in [1.29, 1.82) is 0 Å². The summed E-state index contributed by atoms with van der Waals surface area (Å²) in [5, 5.41) is 12.1. The standard InChI is InChI=1S/C21H16N2O3S2/c1-12-2-6-14(7-3-12)16-11-27-19-17(16)18(24)22-21(23-19)28-10-13-4-8-15(9-5-13)20(25)26/h2-9,11H,10H2,1H3,(H,25,26)(H,22,23,24). The van der Waals surface area contributed by atoms with Gasteiger partial charge in [-0.3, -0.25) is 4.79 Å². The van der Waals surface area contributed by atoms with Crippen molar-refractivity contribution in [3.05, 3.63) is 81.0 Å². The summed E-state index contributed by atoms with van der Waals surface area (Å²) in [5.74, 6) is -0.359. The zero-order valence-corrected chi connectivity index (χ0v) is 16.6. The predicted octanol–water partition coefficient (Wildman–Crippen LogP) is 4.95. The van der Waals surface area contributed by atoms with Crippen LogP contribution in [0.15, 0.2) is 63.9 Å². The third-order valence-corrected chi connectivity index (χ3v) is 6.18. The minimum absolute atomic E-state index is 0.148. The molecule has 4 aromatic rings. The number of carboxylic acid groups (broad SMARTS) is 1. The zero-order chi connectivity index (χ0) is 19.7. The van der Waals surface area contributed by atoms with Gasteiger partial charge in [-0.15, -0.1) is 11.3 Å². The summed E-state index contributed by atoms with van der Waals surface area (Å²) in [5.41, 5.74) is 4.14. The lowest BCUT2D eigenvalue weighted by Gasteiger charge is -2.04. The Morgan fingerprint density at radius 1 is 1.14 bits per heavy atom. The molecule has 140 valence electrons. The molecule has 0 saturated carbocycles. The van der Waals surface area contributed by atoms with E-state index >= 15 is 0 Å². The van der Waals surface area contributed by atoms with Gasteiger partial charge in [-0.05, 0) is 30.2 Å². The second-order valence-electron chi connectivity index (χ2n) is 6.36. The van der Waals surface area contributed by atoms with Crippen LogP contribution in [0.1, 0.15) is 21.5 Å². The molecule has 2 aromatic heterocycles. The van der Waals surface area contributed by atoms with Crippen LogP contribution in [-0.4, -0.2) is 21.0 Å². The van der Waals surface area contributed by atoms with Gasteiger partial charge < -0.3 is 10.1 Å². The van der Waals surface area contributed by atoms with Crippen molar-refractivity contribution in [1.82, 2.24) is 9.97 Å². The maximum atomic E-state index is 12.7. The van der Waals surface area contributed by atoms with Gasteiger partial charge in [-0.2, -0.15) is 0 Å². The first-order chi connectivity index (χ1) is 13.5. The largest absolute Gasteiger partial charge is 0.478 e. The molecule has 0 aliphatic carbocycles. The number of hydrogen-bond donors (Lipinski definition) is 2. The second kappa shape index (κ2) is 7.61. The fourth-order valence-electron chi connectivity index (χ4n) is 2.84. The SMILES string of the molecule is Cc1ccc(-c2csc3nc(SCc4ccc(C(=O)O)cc4)[nH]c(=O)c23)cc1. The molecular formula is C21H16N2O3S2. The van der Waals surface area contributed by atoms with Crippen LogP contribution in [0.25, 0.3) is 21.3 Å². The van der Waals surface area contributed by atoms with E-state index in [1.165, 1.54) is 28.7 Å². The number of benzene rings is 2. The van der Waals surface area contributed by atoms with E-state index in [0.29, 0.717) is 21.1 Å². The third-order valence-electron chi connectivity index (χ3n) is 4.36. The normalized spacial score (nSPS) is 11.0. The van der Waals surface area contributed by atoms with Crippen LogP contribution in [0.5, 0.6) is 0 Å². The Balaban J connectivity index is 1.59. The Kier molecular flexibility index (Phi) is 5.02. The number of thiophene rings is 1. The van der Waals surface area contributed by atoms with Gasteiger partial charge in [0.15, 0.2) is 5.16 Å². The van der Waals surface area contributed by atoms with Crippen LogP contribution in [0.3, 0.4) is 0 Å². The molecule has 2 N–H and O–H groups in total. The molecule has 0 spiro atoms. The molecule has 5 nitrogen and oxygen atoms in total. The highest BCUT2D eigenvalue weighted by Gasteiger charge is 2.13. The minimum atomic E-state index is -0.947. The molecular weight excluding hydrogens is 392 g/mol. The number of thioether (sulfide) groups is 1. The van der Waals surface area contributed by atoms with Crippen LogP contribution in [0.4, 0.5) is 0 Å². The summed E-state index contributed by atoms with van der Waals surface area (Å²) in [4.78, 5) is 31.8. The van der Waals surface area contributed by atoms with E-state index in [1.54, 1.807) is 24.3 Å². The van der Waals surface area contributed by atoms with E-state index in [2.05, 4.69) is 9.97 Å². The highest BCUT2D eigenvalue weighted by molar-refractivity contribution is 7.98. The van der Waals surface area contributed by atoms with Crippen LogP contribution in [0, 0.1) is 6.92 Å². The Hall–Kier alpha value is -2.90. The van der Waals surface area contributed by atoms with Gasteiger partial charge in [-0.1, -0.05) is 53.7 Å². The van der Waals surface area contributed by atoms with Gasteiger partial charge in [0.05, 0.1) is 10.9 Å². The van der Waals surface area contributed by atoms with Crippen LogP contribution < -0.4 is 5.56 Å². The Morgan fingerprint density at radius 2 is 1.86 bits per heavy atom. The summed E-state index contributed by atoms with van der Waals surface area (Å²) < 4.78 is 0. The van der Waals surface area contributed by atoms with E-state index < -0.39 is 5.97 Å². The van der Waals surface area contributed by atoms with Crippen LogP contribution in [-0.2, 0) is 5.75 Å². The number of carbonyl (C=O) groups is 1. The lowest BCUT2D eigenvalue weighted by molar-refractivity contribution is 0.0697. The molecule has 0 fully saturated rings. The lowest BCUT2D eigenvalue weighted by Crippen LogP contribution is -2.08. The fraction of sp³-hybridized carbons (Fsp3) is 0.0952. The number of aryl methyl sites for hydroxylation is 1. The van der Waals surface area contributed by atoms with Gasteiger partial charge in [-0.25, -0.2) is 9.78 Å². The number of rotatable bonds is 5. The maximum absolute atomic E-state index is 12.7. The average Bonchev–Trinajstić information content (AvgIpc) is 3.12. The lowest BCUT2D eigenvalue weighted by atomic mass is 10.1. The number of nitrogens with one attached hydrogen (secondary N) is 1. The first-order valence-electron chi connectivity index (χ1n) is 8.55. The number of carboxylic acids is 1. The quantitative estimate of drug-likeness (QED) is 0.361. The smallest absolute Gasteiger partial charge is 0.335 e. The van der Waals surface area contributed by atoms with Crippen LogP contribution in [0.2, 0.25) is 0 Å². The number of H-pyrrole nitrogens is 1. The monoisotopic (exact) mass is 408 g/mol. The molecule has 0 radical (unpaired) electrons. The van der Waals surface area contributed by atoms with E-state index in [1.807, 2.05) is 36.6 Å². The third kappa shape index (κ3) is 3.72. The summed E-state index contributed by atoms with van der Waals surface area (Å²) >= 11 is 2.87. The van der Waals surface area contributed by atoms with Crippen molar-refractivity contribution in [2.45, 2.75) is 17.8 Å². The predicted molar refractivity (Wildman–Crippen MR) is 113 cm³/mol. The van der Waals surface area contributed by atoms with Gasteiger partial charge in [0.25, 0.3) is 5.56 Å². The van der Waals surface area contributed by atoms with Crippen molar-refractivity contribution < 1.29 is 9.90 Å². The van der Waals surface area contributed by atoms with E-state index in [-0.39, 0.29) is 11.1 Å². The fourth-order valence-corrected chi connectivity index (χ4v) is 4.66.